The van der Waals surface area contributed by atoms with Crippen LogP contribution in [0.5, 0.6) is 11.5 Å². The molecule has 6 heteroatoms. The fourth-order valence-corrected chi connectivity index (χ4v) is 2.76. The number of rotatable bonds is 6. The van der Waals surface area contributed by atoms with Crippen molar-refractivity contribution in [2.24, 2.45) is 5.92 Å². The largest absolute Gasteiger partial charge is 0.493 e. The normalized spacial score (nSPS) is 15.6. The number of carbonyl (C=O) groups is 2. The molecule has 0 atom stereocenters. The molecule has 1 N–H and O–H groups in total. The summed E-state index contributed by atoms with van der Waals surface area (Å²) in [6.07, 6.45) is 4.30. The summed E-state index contributed by atoms with van der Waals surface area (Å²) in [7, 11) is 1.58. The van der Waals surface area contributed by atoms with Crippen LogP contribution in [-0.4, -0.2) is 48.2 Å². The minimum absolute atomic E-state index is 0.0469. The SMILES string of the molecule is COc1cc(C=CC(=O)N2CCC(C(=O)O)CC2)ccc1OC(C)C. The molecule has 0 radical (unpaired) electrons. The molecule has 25 heavy (non-hydrogen) atoms. The third-order valence-electron chi connectivity index (χ3n) is 4.12. The molecule has 0 bridgehead atoms. The molecule has 1 aliphatic rings. The van der Waals surface area contributed by atoms with E-state index in [-0.39, 0.29) is 17.9 Å². The predicted molar refractivity (Wildman–Crippen MR) is 94.7 cm³/mol. The van der Waals surface area contributed by atoms with Crippen molar-refractivity contribution in [1.82, 2.24) is 4.90 Å². The second kappa shape index (κ2) is 8.55. The van der Waals surface area contributed by atoms with Gasteiger partial charge in [0, 0.05) is 19.2 Å². The number of piperidine rings is 1. The van der Waals surface area contributed by atoms with Gasteiger partial charge < -0.3 is 19.5 Å². The zero-order valence-corrected chi connectivity index (χ0v) is 14.9. The van der Waals surface area contributed by atoms with E-state index in [1.807, 2.05) is 32.0 Å². The van der Waals surface area contributed by atoms with Crippen molar-refractivity contribution in [2.45, 2.75) is 32.8 Å². The Morgan fingerprint density at radius 3 is 2.48 bits per heavy atom. The average molecular weight is 347 g/mol. The summed E-state index contributed by atoms with van der Waals surface area (Å²) in [4.78, 5) is 24.9. The van der Waals surface area contributed by atoms with Crippen molar-refractivity contribution in [2.75, 3.05) is 20.2 Å². The third-order valence-corrected chi connectivity index (χ3v) is 4.12. The number of hydrogen-bond acceptors (Lipinski definition) is 4. The van der Waals surface area contributed by atoms with Gasteiger partial charge in [0.15, 0.2) is 11.5 Å². The number of likely N-dealkylation sites (tertiary alicyclic amines) is 1. The minimum atomic E-state index is -0.779. The summed E-state index contributed by atoms with van der Waals surface area (Å²) in [5, 5.41) is 9.00. The number of benzene rings is 1. The Bertz CT molecular complexity index is 645. The maximum absolute atomic E-state index is 12.3. The summed E-state index contributed by atoms with van der Waals surface area (Å²) in [5.74, 6) is 0.0526. The Balaban J connectivity index is 1.99. The third kappa shape index (κ3) is 5.24. The molecule has 0 spiro atoms. The lowest BCUT2D eigenvalue weighted by atomic mass is 9.97. The molecule has 1 aromatic carbocycles. The molecule has 1 fully saturated rings. The average Bonchev–Trinajstić information content (AvgIpc) is 2.60. The fourth-order valence-electron chi connectivity index (χ4n) is 2.76. The number of hydrogen-bond donors (Lipinski definition) is 1. The molecule has 0 aromatic heterocycles. The van der Waals surface area contributed by atoms with Crippen LogP contribution in [0.1, 0.15) is 32.3 Å². The van der Waals surface area contributed by atoms with Gasteiger partial charge >= 0.3 is 5.97 Å². The van der Waals surface area contributed by atoms with Gasteiger partial charge in [-0.1, -0.05) is 6.07 Å². The number of carboxylic acid groups (broad SMARTS) is 1. The zero-order chi connectivity index (χ0) is 18.4. The maximum atomic E-state index is 12.3. The van der Waals surface area contributed by atoms with E-state index < -0.39 is 5.97 Å². The van der Waals surface area contributed by atoms with Gasteiger partial charge in [0.05, 0.1) is 19.1 Å². The van der Waals surface area contributed by atoms with Crippen LogP contribution in [0, 0.1) is 5.92 Å². The lowest BCUT2D eigenvalue weighted by molar-refractivity contribution is -0.144. The molecule has 0 unspecified atom stereocenters. The van der Waals surface area contributed by atoms with Crippen LogP contribution in [0.4, 0.5) is 0 Å². The molecule has 136 valence electrons. The van der Waals surface area contributed by atoms with E-state index in [9.17, 15) is 9.59 Å². The van der Waals surface area contributed by atoms with Gasteiger partial charge in [-0.05, 0) is 50.5 Å². The van der Waals surface area contributed by atoms with E-state index in [0.29, 0.717) is 37.4 Å². The van der Waals surface area contributed by atoms with Gasteiger partial charge in [-0.25, -0.2) is 0 Å². The van der Waals surface area contributed by atoms with Gasteiger partial charge in [0.25, 0.3) is 0 Å². The minimum Gasteiger partial charge on any atom is -0.493 e. The second-order valence-electron chi connectivity index (χ2n) is 6.35. The first-order chi connectivity index (χ1) is 11.9. The van der Waals surface area contributed by atoms with Crippen LogP contribution in [0.3, 0.4) is 0 Å². The molecule has 0 aliphatic carbocycles. The van der Waals surface area contributed by atoms with Crippen molar-refractivity contribution in [3.8, 4) is 11.5 Å². The monoisotopic (exact) mass is 347 g/mol. The number of carbonyl (C=O) groups excluding carboxylic acids is 1. The highest BCUT2D eigenvalue weighted by Gasteiger charge is 2.25. The fraction of sp³-hybridized carbons (Fsp3) is 0.474. The van der Waals surface area contributed by atoms with Gasteiger partial charge in [-0.3, -0.25) is 9.59 Å². The number of methoxy groups -OCH3 is 1. The quantitative estimate of drug-likeness (QED) is 0.801. The maximum Gasteiger partial charge on any atom is 0.306 e. The predicted octanol–water partition coefficient (Wildman–Crippen LogP) is 2.82. The van der Waals surface area contributed by atoms with E-state index in [1.165, 1.54) is 6.08 Å². The highest BCUT2D eigenvalue weighted by Crippen LogP contribution is 2.29. The van der Waals surface area contributed by atoms with E-state index in [4.69, 9.17) is 14.6 Å². The Morgan fingerprint density at radius 2 is 1.92 bits per heavy atom. The van der Waals surface area contributed by atoms with Crippen molar-refractivity contribution >= 4 is 18.0 Å². The molecular formula is C19H25NO5. The molecule has 1 amide bonds. The summed E-state index contributed by atoms with van der Waals surface area (Å²) in [5.41, 5.74) is 0.835. The van der Waals surface area contributed by atoms with E-state index in [0.717, 1.165) is 5.56 Å². The van der Waals surface area contributed by atoms with Crippen molar-refractivity contribution in [3.63, 3.8) is 0 Å². The summed E-state index contributed by atoms with van der Waals surface area (Å²) in [6, 6.07) is 5.50. The molecular weight excluding hydrogens is 322 g/mol. The molecule has 1 heterocycles. The van der Waals surface area contributed by atoms with E-state index in [1.54, 1.807) is 18.1 Å². The summed E-state index contributed by atoms with van der Waals surface area (Å²) < 4.78 is 11.0. The smallest absolute Gasteiger partial charge is 0.306 e. The highest BCUT2D eigenvalue weighted by molar-refractivity contribution is 5.92. The lowest BCUT2D eigenvalue weighted by Crippen LogP contribution is -2.39. The Hall–Kier alpha value is -2.50. The Morgan fingerprint density at radius 1 is 1.24 bits per heavy atom. The highest BCUT2D eigenvalue weighted by atomic mass is 16.5. The number of amides is 1. The molecule has 1 aliphatic heterocycles. The van der Waals surface area contributed by atoms with Crippen LogP contribution in [-0.2, 0) is 9.59 Å². The molecule has 6 nitrogen and oxygen atoms in total. The van der Waals surface area contributed by atoms with Crippen molar-refractivity contribution in [3.05, 3.63) is 29.8 Å². The Labute approximate surface area is 148 Å². The van der Waals surface area contributed by atoms with Crippen molar-refractivity contribution in [1.29, 1.82) is 0 Å². The lowest BCUT2D eigenvalue weighted by Gasteiger charge is -2.29. The molecule has 2 rings (SSSR count). The van der Waals surface area contributed by atoms with Crippen LogP contribution < -0.4 is 9.47 Å². The van der Waals surface area contributed by atoms with Gasteiger partial charge in [0.2, 0.25) is 5.91 Å². The van der Waals surface area contributed by atoms with Gasteiger partial charge in [0.1, 0.15) is 0 Å². The van der Waals surface area contributed by atoms with Gasteiger partial charge in [-0.15, -0.1) is 0 Å². The molecule has 1 aromatic rings. The van der Waals surface area contributed by atoms with Crippen LogP contribution in [0.25, 0.3) is 6.08 Å². The summed E-state index contributed by atoms with van der Waals surface area (Å²) in [6.45, 7) is 4.84. The van der Waals surface area contributed by atoms with Crippen LogP contribution in [0.15, 0.2) is 24.3 Å². The Kier molecular flexibility index (Phi) is 6.44. The standard InChI is InChI=1S/C19H25NO5/c1-13(2)25-16-6-4-14(12-17(16)24-3)5-7-18(21)20-10-8-15(9-11-20)19(22)23/h4-7,12-13,15H,8-11H2,1-3H3,(H,22,23). The number of ether oxygens (including phenoxy) is 2. The van der Waals surface area contributed by atoms with E-state index >= 15 is 0 Å². The zero-order valence-electron chi connectivity index (χ0n) is 14.9. The number of carboxylic acids is 1. The molecule has 0 saturated carbocycles. The van der Waals surface area contributed by atoms with Crippen LogP contribution in [0.2, 0.25) is 0 Å². The number of aliphatic carboxylic acids is 1. The van der Waals surface area contributed by atoms with Crippen molar-refractivity contribution < 1.29 is 24.2 Å². The first-order valence-corrected chi connectivity index (χ1v) is 8.45. The molecule has 1 saturated heterocycles. The second-order valence-corrected chi connectivity index (χ2v) is 6.35. The van der Waals surface area contributed by atoms with E-state index in [2.05, 4.69) is 0 Å². The summed E-state index contributed by atoms with van der Waals surface area (Å²) >= 11 is 0. The van der Waals surface area contributed by atoms with Gasteiger partial charge in [-0.2, -0.15) is 0 Å². The topological polar surface area (TPSA) is 76.1 Å². The number of nitrogens with zero attached hydrogens (tertiary/aromatic N) is 1. The first kappa shape index (κ1) is 18.8. The first-order valence-electron chi connectivity index (χ1n) is 8.45. The van der Waals surface area contributed by atoms with Crippen LogP contribution >= 0.6 is 0 Å².